The molecular weight excluding hydrogens is 383 g/mol. The lowest BCUT2D eigenvalue weighted by atomic mass is 9.98. The van der Waals surface area contributed by atoms with E-state index in [0.29, 0.717) is 11.4 Å². The first kappa shape index (κ1) is 21.2. The Bertz CT molecular complexity index is 804. The van der Waals surface area contributed by atoms with Gasteiger partial charge >= 0.3 is 12.2 Å². The minimum atomic E-state index is -4.58. The third-order valence-corrected chi connectivity index (χ3v) is 4.79. The SMILES string of the molecule is CC(C)Oc1ccc(N(C)c2nc(OC3CCCCC3)ncc2C(F)(F)F)cc1. The lowest BCUT2D eigenvalue weighted by Gasteiger charge is -2.25. The van der Waals surface area contributed by atoms with E-state index in [4.69, 9.17) is 9.47 Å². The second-order valence-electron chi connectivity index (χ2n) is 7.49. The summed E-state index contributed by atoms with van der Waals surface area (Å²) >= 11 is 0. The largest absolute Gasteiger partial charge is 0.491 e. The Hall–Kier alpha value is -2.51. The highest BCUT2D eigenvalue weighted by atomic mass is 19.4. The minimum absolute atomic E-state index is 0.0109. The molecule has 1 fully saturated rings. The van der Waals surface area contributed by atoms with Crippen LogP contribution in [0.5, 0.6) is 11.8 Å². The van der Waals surface area contributed by atoms with E-state index in [1.165, 1.54) is 4.90 Å². The quantitative estimate of drug-likeness (QED) is 0.607. The Morgan fingerprint density at radius 1 is 1.07 bits per heavy atom. The molecule has 5 nitrogen and oxygen atoms in total. The van der Waals surface area contributed by atoms with Crippen molar-refractivity contribution >= 4 is 11.5 Å². The van der Waals surface area contributed by atoms with Gasteiger partial charge < -0.3 is 14.4 Å². The predicted molar refractivity (Wildman–Crippen MR) is 105 cm³/mol. The number of rotatable bonds is 6. The van der Waals surface area contributed by atoms with E-state index in [0.717, 1.165) is 38.3 Å². The molecule has 158 valence electrons. The monoisotopic (exact) mass is 409 g/mol. The zero-order valence-electron chi connectivity index (χ0n) is 16.9. The van der Waals surface area contributed by atoms with Crippen LogP contribution in [0.25, 0.3) is 0 Å². The Kier molecular flexibility index (Phi) is 6.49. The van der Waals surface area contributed by atoms with Crippen molar-refractivity contribution in [1.82, 2.24) is 9.97 Å². The summed E-state index contributed by atoms with van der Waals surface area (Å²) in [6, 6.07) is 6.81. The van der Waals surface area contributed by atoms with Crippen LogP contribution < -0.4 is 14.4 Å². The normalized spacial score (nSPS) is 15.4. The summed E-state index contributed by atoms with van der Waals surface area (Å²) in [6.07, 6.45) is 1.16. The summed E-state index contributed by atoms with van der Waals surface area (Å²) in [5.41, 5.74) is -0.354. The third-order valence-electron chi connectivity index (χ3n) is 4.79. The van der Waals surface area contributed by atoms with Crippen LogP contribution >= 0.6 is 0 Å². The van der Waals surface area contributed by atoms with Crippen LogP contribution in [0.2, 0.25) is 0 Å². The molecule has 0 amide bonds. The van der Waals surface area contributed by atoms with Crippen molar-refractivity contribution in [3.8, 4) is 11.8 Å². The van der Waals surface area contributed by atoms with Crippen LogP contribution in [0.1, 0.15) is 51.5 Å². The highest BCUT2D eigenvalue weighted by Crippen LogP contribution is 2.38. The van der Waals surface area contributed by atoms with Crippen LogP contribution in [0.15, 0.2) is 30.5 Å². The molecule has 0 saturated heterocycles. The molecule has 0 N–H and O–H groups in total. The molecule has 8 heteroatoms. The van der Waals surface area contributed by atoms with Gasteiger partial charge in [-0.15, -0.1) is 0 Å². The number of anilines is 2. The Labute approximate surface area is 168 Å². The lowest BCUT2D eigenvalue weighted by Crippen LogP contribution is -2.23. The topological polar surface area (TPSA) is 47.5 Å². The lowest BCUT2D eigenvalue weighted by molar-refractivity contribution is -0.137. The third kappa shape index (κ3) is 5.52. The maximum atomic E-state index is 13.6. The van der Waals surface area contributed by atoms with Crippen LogP contribution in [0, 0.1) is 0 Å². The molecule has 0 radical (unpaired) electrons. The first-order valence-electron chi connectivity index (χ1n) is 9.85. The van der Waals surface area contributed by atoms with Crippen LogP contribution in [0.3, 0.4) is 0 Å². The molecule has 0 bridgehead atoms. The van der Waals surface area contributed by atoms with E-state index in [-0.39, 0.29) is 24.0 Å². The number of hydrogen-bond acceptors (Lipinski definition) is 5. The van der Waals surface area contributed by atoms with Crippen molar-refractivity contribution in [3.05, 3.63) is 36.0 Å². The van der Waals surface area contributed by atoms with Gasteiger partial charge in [0.15, 0.2) is 5.82 Å². The highest BCUT2D eigenvalue weighted by Gasteiger charge is 2.37. The highest BCUT2D eigenvalue weighted by molar-refractivity contribution is 5.63. The standard InChI is InChI=1S/C21H26F3N3O2/c1-14(2)28-17-11-9-15(10-12-17)27(3)19-18(21(22,23)24)13-25-20(26-19)29-16-7-5-4-6-8-16/h9-14,16H,4-8H2,1-3H3. The van der Waals surface area contributed by atoms with Gasteiger partial charge in [0, 0.05) is 18.9 Å². The molecule has 1 aliphatic carbocycles. The molecule has 1 saturated carbocycles. The smallest absolute Gasteiger partial charge is 0.421 e. The molecule has 0 spiro atoms. The van der Waals surface area contributed by atoms with E-state index >= 15 is 0 Å². The fourth-order valence-corrected chi connectivity index (χ4v) is 3.34. The number of alkyl halides is 3. The van der Waals surface area contributed by atoms with Gasteiger partial charge in [-0.1, -0.05) is 6.42 Å². The number of hydrogen-bond donors (Lipinski definition) is 0. The summed E-state index contributed by atoms with van der Waals surface area (Å²) in [7, 11) is 1.54. The second kappa shape index (κ2) is 8.88. The Morgan fingerprint density at radius 3 is 2.31 bits per heavy atom. The molecular formula is C21H26F3N3O2. The molecule has 0 aliphatic heterocycles. The van der Waals surface area contributed by atoms with E-state index in [1.807, 2.05) is 13.8 Å². The average Bonchev–Trinajstić information content (AvgIpc) is 2.67. The van der Waals surface area contributed by atoms with Gasteiger partial charge in [-0.25, -0.2) is 4.98 Å². The van der Waals surface area contributed by atoms with E-state index in [2.05, 4.69) is 9.97 Å². The Balaban J connectivity index is 1.88. The van der Waals surface area contributed by atoms with Crippen molar-refractivity contribution in [2.24, 2.45) is 0 Å². The fourth-order valence-electron chi connectivity index (χ4n) is 3.34. The Morgan fingerprint density at radius 2 is 1.72 bits per heavy atom. The summed E-state index contributed by atoms with van der Waals surface area (Å²) in [4.78, 5) is 9.33. The minimum Gasteiger partial charge on any atom is -0.491 e. The van der Waals surface area contributed by atoms with Crippen LogP contribution in [-0.2, 0) is 6.18 Å². The van der Waals surface area contributed by atoms with Crippen molar-refractivity contribution in [3.63, 3.8) is 0 Å². The van der Waals surface area contributed by atoms with Gasteiger partial charge in [0.2, 0.25) is 0 Å². The predicted octanol–water partition coefficient (Wildman–Crippen LogP) is 5.76. The summed E-state index contributed by atoms with van der Waals surface area (Å²) in [5.74, 6) is 0.410. The fraction of sp³-hybridized carbons (Fsp3) is 0.524. The number of benzene rings is 1. The first-order chi connectivity index (χ1) is 13.7. The van der Waals surface area contributed by atoms with Crippen molar-refractivity contribution in [2.45, 2.75) is 64.3 Å². The molecule has 3 rings (SSSR count). The number of ether oxygens (including phenoxy) is 2. The number of halogens is 3. The van der Waals surface area contributed by atoms with Gasteiger partial charge in [0.05, 0.1) is 6.10 Å². The summed E-state index contributed by atoms with van der Waals surface area (Å²) in [5, 5.41) is 0. The van der Waals surface area contributed by atoms with Crippen LogP contribution in [-0.4, -0.2) is 29.2 Å². The van der Waals surface area contributed by atoms with Gasteiger partial charge in [-0.3, -0.25) is 0 Å². The molecule has 0 atom stereocenters. The number of nitrogens with zero attached hydrogens (tertiary/aromatic N) is 3. The molecule has 2 aromatic rings. The van der Waals surface area contributed by atoms with E-state index < -0.39 is 11.7 Å². The molecule has 0 unspecified atom stereocenters. The van der Waals surface area contributed by atoms with Gasteiger partial charge in [0.25, 0.3) is 0 Å². The molecule has 1 aromatic heterocycles. The van der Waals surface area contributed by atoms with Crippen molar-refractivity contribution in [1.29, 1.82) is 0 Å². The van der Waals surface area contributed by atoms with E-state index in [1.54, 1.807) is 31.3 Å². The molecule has 1 heterocycles. The molecule has 1 aromatic carbocycles. The van der Waals surface area contributed by atoms with Gasteiger partial charge in [-0.2, -0.15) is 18.2 Å². The first-order valence-corrected chi connectivity index (χ1v) is 9.85. The molecule has 29 heavy (non-hydrogen) atoms. The zero-order chi connectivity index (χ0) is 21.0. The zero-order valence-corrected chi connectivity index (χ0v) is 16.9. The second-order valence-corrected chi connectivity index (χ2v) is 7.49. The maximum Gasteiger partial charge on any atom is 0.421 e. The average molecular weight is 409 g/mol. The van der Waals surface area contributed by atoms with Crippen molar-refractivity contribution in [2.75, 3.05) is 11.9 Å². The van der Waals surface area contributed by atoms with Crippen molar-refractivity contribution < 1.29 is 22.6 Å². The molecule has 1 aliphatic rings. The van der Waals surface area contributed by atoms with Gasteiger partial charge in [-0.05, 0) is 63.8 Å². The number of aromatic nitrogens is 2. The maximum absolute atomic E-state index is 13.6. The van der Waals surface area contributed by atoms with E-state index in [9.17, 15) is 13.2 Å². The van der Waals surface area contributed by atoms with Gasteiger partial charge in [0.1, 0.15) is 17.4 Å². The summed E-state index contributed by atoms with van der Waals surface area (Å²) in [6.45, 7) is 3.81. The summed E-state index contributed by atoms with van der Waals surface area (Å²) < 4.78 is 52.0. The van der Waals surface area contributed by atoms with Crippen LogP contribution in [0.4, 0.5) is 24.7 Å².